The predicted octanol–water partition coefficient (Wildman–Crippen LogP) is 3.64. The molecule has 0 aliphatic carbocycles. The average Bonchev–Trinajstić information content (AvgIpc) is 2.84. The van der Waals surface area contributed by atoms with Gasteiger partial charge in [-0.3, -0.25) is 9.59 Å². The van der Waals surface area contributed by atoms with Gasteiger partial charge in [0, 0.05) is 22.5 Å². The van der Waals surface area contributed by atoms with E-state index >= 15 is 0 Å². The zero-order chi connectivity index (χ0) is 16.5. The van der Waals surface area contributed by atoms with Crippen LogP contribution in [-0.2, 0) is 9.59 Å². The highest BCUT2D eigenvalue weighted by molar-refractivity contribution is 9.10. The second-order valence-electron chi connectivity index (χ2n) is 6.41. The molecule has 0 aromatic heterocycles. The third kappa shape index (κ3) is 3.66. The van der Waals surface area contributed by atoms with Gasteiger partial charge in [0.2, 0.25) is 5.91 Å². The van der Waals surface area contributed by atoms with Crippen LogP contribution in [0.25, 0.3) is 0 Å². The van der Waals surface area contributed by atoms with Gasteiger partial charge in [-0.25, -0.2) is 0 Å². The first-order valence-corrected chi connectivity index (χ1v) is 8.72. The number of amides is 1. The molecule has 2 rings (SSSR count). The maximum Gasteiger partial charge on any atom is 0.311 e. The van der Waals surface area contributed by atoms with Crippen LogP contribution in [0.15, 0.2) is 33.6 Å². The van der Waals surface area contributed by atoms with Crippen molar-refractivity contribution in [2.45, 2.75) is 36.8 Å². The van der Waals surface area contributed by atoms with Crippen molar-refractivity contribution in [3.05, 3.63) is 28.7 Å². The number of benzene rings is 1. The van der Waals surface area contributed by atoms with E-state index in [-0.39, 0.29) is 12.5 Å². The summed E-state index contributed by atoms with van der Waals surface area (Å²) in [6.45, 7) is 6.27. The van der Waals surface area contributed by atoms with Gasteiger partial charge in [-0.05, 0) is 51.5 Å². The lowest BCUT2D eigenvalue weighted by Crippen LogP contribution is -2.43. The monoisotopic (exact) mass is 385 g/mol. The van der Waals surface area contributed by atoms with E-state index in [2.05, 4.69) is 15.9 Å². The molecule has 1 amide bonds. The van der Waals surface area contributed by atoms with Crippen molar-refractivity contribution in [1.29, 1.82) is 0 Å². The van der Waals surface area contributed by atoms with Gasteiger partial charge in [-0.1, -0.05) is 15.9 Å². The molecule has 6 heteroatoms. The van der Waals surface area contributed by atoms with Gasteiger partial charge in [0.05, 0.1) is 10.2 Å². The number of carboxylic acid groups (broad SMARTS) is 1. The first kappa shape index (κ1) is 17.3. The number of carbonyl (C=O) groups excluding carboxylic acids is 1. The second-order valence-corrected chi connectivity index (χ2v) is 9.02. The first-order valence-electron chi connectivity index (χ1n) is 7.11. The number of likely N-dealkylation sites (tertiary alicyclic amines) is 1. The van der Waals surface area contributed by atoms with Crippen molar-refractivity contribution in [3.63, 3.8) is 0 Å². The molecular formula is C16H20BrNO3S. The van der Waals surface area contributed by atoms with Crippen LogP contribution >= 0.6 is 27.7 Å². The topological polar surface area (TPSA) is 57.6 Å². The number of carboxylic acids is 1. The number of thioether (sulfide) groups is 1. The molecule has 1 aromatic carbocycles. The number of nitrogens with zero attached hydrogens (tertiary/aromatic N) is 1. The molecule has 1 aliphatic heterocycles. The zero-order valence-electron chi connectivity index (χ0n) is 12.9. The van der Waals surface area contributed by atoms with Gasteiger partial charge in [-0.15, -0.1) is 11.8 Å². The molecule has 1 N–H and O–H groups in total. The minimum absolute atomic E-state index is 0.00889. The van der Waals surface area contributed by atoms with E-state index in [1.54, 1.807) is 11.8 Å². The van der Waals surface area contributed by atoms with Crippen LogP contribution in [0.2, 0.25) is 0 Å². The Morgan fingerprint density at radius 1 is 1.32 bits per heavy atom. The fourth-order valence-electron chi connectivity index (χ4n) is 2.53. The number of hydrogen-bond donors (Lipinski definition) is 1. The molecule has 0 saturated carbocycles. The molecule has 1 saturated heterocycles. The van der Waals surface area contributed by atoms with Gasteiger partial charge in [0.1, 0.15) is 0 Å². The van der Waals surface area contributed by atoms with Crippen LogP contribution in [0.3, 0.4) is 0 Å². The van der Waals surface area contributed by atoms with Crippen LogP contribution in [0.5, 0.6) is 0 Å². The highest BCUT2D eigenvalue weighted by atomic mass is 79.9. The standard InChI is InChI=1S/C16H20BrNO3S/c1-15(2,22-12-6-4-11(17)5-7-12)13(19)18-9-8-16(3,10-18)14(20)21/h4-7H,8-10H2,1-3H3,(H,20,21). The van der Waals surface area contributed by atoms with Crippen molar-refractivity contribution < 1.29 is 14.7 Å². The summed E-state index contributed by atoms with van der Waals surface area (Å²) in [4.78, 5) is 26.8. The quantitative estimate of drug-likeness (QED) is 0.803. The minimum Gasteiger partial charge on any atom is -0.481 e. The highest BCUT2D eigenvalue weighted by Gasteiger charge is 2.45. The van der Waals surface area contributed by atoms with Gasteiger partial charge >= 0.3 is 5.97 Å². The Kier molecular flexibility index (Phi) is 4.92. The summed E-state index contributed by atoms with van der Waals surface area (Å²) in [6, 6.07) is 7.82. The van der Waals surface area contributed by atoms with Crippen molar-refractivity contribution in [2.75, 3.05) is 13.1 Å². The molecule has 0 bridgehead atoms. The summed E-state index contributed by atoms with van der Waals surface area (Å²) in [5.41, 5.74) is -0.825. The molecule has 1 fully saturated rings. The highest BCUT2D eigenvalue weighted by Crippen LogP contribution is 2.38. The number of rotatable bonds is 4. The lowest BCUT2D eigenvalue weighted by molar-refractivity contribution is -0.147. The van der Waals surface area contributed by atoms with E-state index in [0.29, 0.717) is 13.0 Å². The maximum atomic E-state index is 12.8. The molecule has 0 spiro atoms. The smallest absolute Gasteiger partial charge is 0.311 e. The number of hydrogen-bond acceptors (Lipinski definition) is 3. The fraction of sp³-hybridized carbons (Fsp3) is 0.500. The molecule has 4 nitrogen and oxygen atoms in total. The van der Waals surface area contributed by atoms with Crippen LogP contribution in [-0.4, -0.2) is 39.7 Å². The van der Waals surface area contributed by atoms with Crippen LogP contribution in [0.1, 0.15) is 27.2 Å². The number of aliphatic carboxylic acids is 1. The van der Waals surface area contributed by atoms with Gasteiger partial charge < -0.3 is 10.0 Å². The summed E-state index contributed by atoms with van der Waals surface area (Å²) in [5, 5.41) is 9.29. The molecule has 120 valence electrons. The third-order valence-corrected chi connectivity index (χ3v) is 5.70. The number of halogens is 1. The molecule has 1 atom stereocenters. The first-order chi connectivity index (χ1) is 10.1. The van der Waals surface area contributed by atoms with E-state index in [1.807, 2.05) is 38.1 Å². The Morgan fingerprint density at radius 2 is 1.91 bits per heavy atom. The van der Waals surface area contributed by atoms with Crippen molar-refractivity contribution in [3.8, 4) is 0 Å². The Balaban J connectivity index is 2.08. The normalized spacial score (nSPS) is 21.9. The molecular weight excluding hydrogens is 366 g/mol. The summed E-state index contributed by atoms with van der Waals surface area (Å²) in [7, 11) is 0. The summed E-state index contributed by atoms with van der Waals surface area (Å²) in [5.74, 6) is -0.841. The van der Waals surface area contributed by atoms with Crippen LogP contribution in [0.4, 0.5) is 0 Å². The zero-order valence-corrected chi connectivity index (χ0v) is 15.3. The Labute approximate surface area is 143 Å². The van der Waals surface area contributed by atoms with E-state index in [0.717, 1.165) is 9.37 Å². The van der Waals surface area contributed by atoms with Crippen molar-refractivity contribution >= 4 is 39.6 Å². The molecule has 22 heavy (non-hydrogen) atoms. The Morgan fingerprint density at radius 3 is 2.41 bits per heavy atom. The van der Waals surface area contributed by atoms with Crippen molar-refractivity contribution in [1.82, 2.24) is 4.90 Å². The molecule has 1 aliphatic rings. The molecule has 1 unspecified atom stereocenters. The Hall–Kier alpha value is -1.01. The maximum absolute atomic E-state index is 12.8. The summed E-state index contributed by atoms with van der Waals surface area (Å²) < 4.78 is 0.371. The molecule has 1 aromatic rings. The SMILES string of the molecule is CC1(C(=O)O)CCN(C(=O)C(C)(C)Sc2ccc(Br)cc2)C1. The largest absolute Gasteiger partial charge is 0.481 e. The van der Waals surface area contributed by atoms with Crippen LogP contribution in [0, 0.1) is 5.41 Å². The average molecular weight is 386 g/mol. The van der Waals surface area contributed by atoms with Gasteiger partial charge in [-0.2, -0.15) is 0 Å². The van der Waals surface area contributed by atoms with Crippen LogP contribution < -0.4 is 0 Å². The van der Waals surface area contributed by atoms with Gasteiger partial charge in [0.15, 0.2) is 0 Å². The second kappa shape index (κ2) is 6.24. The third-order valence-electron chi connectivity index (χ3n) is 3.98. The fourth-order valence-corrected chi connectivity index (χ4v) is 3.87. The van der Waals surface area contributed by atoms with E-state index in [1.165, 1.54) is 11.8 Å². The van der Waals surface area contributed by atoms with E-state index in [4.69, 9.17) is 0 Å². The Bertz CT molecular complexity index is 588. The minimum atomic E-state index is -0.832. The summed E-state index contributed by atoms with van der Waals surface area (Å²) >= 11 is 4.89. The van der Waals surface area contributed by atoms with E-state index < -0.39 is 16.1 Å². The predicted molar refractivity (Wildman–Crippen MR) is 91.0 cm³/mol. The molecule has 1 heterocycles. The lowest BCUT2D eigenvalue weighted by atomic mass is 9.90. The van der Waals surface area contributed by atoms with Gasteiger partial charge in [0.25, 0.3) is 0 Å². The van der Waals surface area contributed by atoms with Crippen molar-refractivity contribution in [2.24, 2.45) is 5.41 Å². The van der Waals surface area contributed by atoms with E-state index in [9.17, 15) is 14.7 Å². The lowest BCUT2D eigenvalue weighted by Gasteiger charge is -2.29. The summed E-state index contributed by atoms with van der Waals surface area (Å²) in [6.07, 6.45) is 0.507. The number of carbonyl (C=O) groups is 2. The molecule has 0 radical (unpaired) electrons.